The Labute approximate surface area is 137 Å². The first-order valence-electron chi connectivity index (χ1n) is 8.15. The molecule has 6 heteroatoms. The van der Waals surface area contributed by atoms with Gasteiger partial charge in [-0.25, -0.2) is 4.79 Å². The molecule has 23 heavy (non-hydrogen) atoms. The molecule has 0 aromatic heterocycles. The van der Waals surface area contributed by atoms with Crippen molar-refractivity contribution in [3.05, 3.63) is 24.3 Å². The minimum absolute atomic E-state index is 0.151. The third kappa shape index (κ3) is 4.61. The van der Waals surface area contributed by atoms with Gasteiger partial charge in [0.15, 0.2) is 0 Å². The summed E-state index contributed by atoms with van der Waals surface area (Å²) >= 11 is 0. The minimum atomic E-state index is -0.414. The van der Waals surface area contributed by atoms with Crippen LogP contribution in [0.1, 0.15) is 32.6 Å². The molecule has 2 rings (SSSR count). The molecular formula is C17H25N3O3. The smallest absolute Gasteiger partial charge is 0.318 e. The van der Waals surface area contributed by atoms with E-state index in [0.717, 1.165) is 19.3 Å². The molecule has 0 spiro atoms. The predicted molar refractivity (Wildman–Crippen MR) is 89.7 cm³/mol. The molecular weight excluding hydrogens is 294 g/mol. The summed E-state index contributed by atoms with van der Waals surface area (Å²) in [5, 5.41) is 5.75. The molecule has 6 nitrogen and oxygen atoms in total. The van der Waals surface area contributed by atoms with Gasteiger partial charge in [0.25, 0.3) is 0 Å². The van der Waals surface area contributed by atoms with Crippen molar-refractivity contribution < 1.29 is 14.3 Å². The van der Waals surface area contributed by atoms with Gasteiger partial charge in [-0.15, -0.1) is 0 Å². The van der Waals surface area contributed by atoms with Gasteiger partial charge >= 0.3 is 6.03 Å². The molecule has 0 aliphatic carbocycles. The molecule has 0 saturated carbocycles. The normalized spacial score (nSPS) is 17.0. The zero-order chi connectivity index (χ0) is 16.7. The van der Waals surface area contributed by atoms with E-state index in [4.69, 9.17) is 4.74 Å². The number of nitrogens with one attached hydrogen (secondary N) is 2. The molecule has 1 unspecified atom stereocenters. The third-order valence-electron chi connectivity index (χ3n) is 3.96. The highest BCUT2D eigenvalue weighted by Crippen LogP contribution is 2.21. The van der Waals surface area contributed by atoms with Crippen molar-refractivity contribution in [1.82, 2.24) is 10.2 Å². The molecule has 1 saturated heterocycles. The number of likely N-dealkylation sites (tertiary alicyclic amines) is 1. The van der Waals surface area contributed by atoms with Gasteiger partial charge in [0.05, 0.1) is 7.11 Å². The third-order valence-corrected chi connectivity index (χ3v) is 3.96. The number of ether oxygens (including phenoxy) is 1. The second-order valence-electron chi connectivity index (χ2n) is 5.66. The number of hydrogen-bond acceptors (Lipinski definition) is 3. The molecule has 0 radical (unpaired) electrons. The molecule has 1 atom stereocenters. The zero-order valence-electron chi connectivity index (χ0n) is 13.8. The van der Waals surface area contributed by atoms with Crippen LogP contribution in [-0.2, 0) is 4.79 Å². The molecule has 1 aromatic rings. The lowest BCUT2D eigenvalue weighted by Crippen LogP contribution is -2.47. The van der Waals surface area contributed by atoms with Crippen LogP contribution in [0.5, 0.6) is 5.75 Å². The van der Waals surface area contributed by atoms with Gasteiger partial charge in [-0.1, -0.05) is 19.4 Å². The highest BCUT2D eigenvalue weighted by molar-refractivity contribution is 5.97. The predicted octanol–water partition coefficient (Wildman–Crippen LogP) is 2.61. The number of benzene rings is 1. The number of hydrogen-bond donors (Lipinski definition) is 2. The van der Waals surface area contributed by atoms with Crippen molar-refractivity contribution in [2.75, 3.05) is 25.5 Å². The summed E-state index contributed by atoms with van der Waals surface area (Å²) < 4.78 is 5.15. The second-order valence-corrected chi connectivity index (χ2v) is 5.66. The second kappa shape index (κ2) is 8.41. The highest BCUT2D eigenvalue weighted by Gasteiger charge is 2.33. The molecule has 1 aromatic carbocycles. The van der Waals surface area contributed by atoms with Gasteiger partial charge in [-0.3, -0.25) is 4.79 Å². The van der Waals surface area contributed by atoms with Crippen LogP contribution in [0.4, 0.5) is 10.5 Å². The van der Waals surface area contributed by atoms with Crippen LogP contribution in [0.3, 0.4) is 0 Å². The lowest BCUT2D eigenvalue weighted by atomic mass is 10.2. The van der Waals surface area contributed by atoms with Crippen molar-refractivity contribution >= 4 is 17.6 Å². The first kappa shape index (κ1) is 17.1. The van der Waals surface area contributed by atoms with Crippen LogP contribution in [0, 0.1) is 0 Å². The maximum Gasteiger partial charge on any atom is 0.318 e. The summed E-state index contributed by atoms with van der Waals surface area (Å²) in [5.41, 5.74) is 0.674. The summed E-state index contributed by atoms with van der Waals surface area (Å²) in [6.07, 6.45) is 3.51. The highest BCUT2D eigenvalue weighted by atomic mass is 16.5. The minimum Gasteiger partial charge on any atom is -0.497 e. The number of rotatable bonds is 6. The average molecular weight is 319 g/mol. The van der Waals surface area contributed by atoms with Gasteiger partial charge in [0, 0.05) is 24.8 Å². The first-order valence-corrected chi connectivity index (χ1v) is 8.15. The Hall–Kier alpha value is -2.24. The number of anilines is 1. The van der Waals surface area contributed by atoms with E-state index in [-0.39, 0.29) is 11.9 Å². The topological polar surface area (TPSA) is 70.7 Å². The van der Waals surface area contributed by atoms with E-state index in [1.807, 2.05) is 12.1 Å². The van der Waals surface area contributed by atoms with E-state index in [1.165, 1.54) is 0 Å². The summed E-state index contributed by atoms with van der Waals surface area (Å²) in [5.74, 6) is 0.532. The molecule has 1 heterocycles. The van der Waals surface area contributed by atoms with Gasteiger partial charge in [0.1, 0.15) is 11.8 Å². The molecule has 0 bridgehead atoms. The van der Waals surface area contributed by atoms with E-state index in [2.05, 4.69) is 17.6 Å². The molecule has 1 aliphatic heterocycles. The largest absolute Gasteiger partial charge is 0.497 e. The van der Waals surface area contributed by atoms with E-state index < -0.39 is 6.04 Å². The van der Waals surface area contributed by atoms with Crippen LogP contribution < -0.4 is 15.4 Å². The number of urea groups is 1. The molecule has 1 fully saturated rings. The monoisotopic (exact) mass is 319 g/mol. The van der Waals surface area contributed by atoms with Crippen LogP contribution >= 0.6 is 0 Å². The average Bonchev–Trinajstić information content (AvgIpc) is 3.05. The maximum atomic E-state index is 12.5. The van der Waals surface area contributed by atoms with Gasteiger partial charge in [-0.05, 0) is 31.4 Å². The summed E-state index contributed by atoms with van der Waals surface area (Å²) in [6, 6.07) is 6.64. The summed E-state index contributed by atoms with van der Waals surface area (Å²) in [7, 11) is 1.58. The van der Waals surface area contributed by atoms with E-state index in [9.17, 15) is 9.59 Å². The fourth-order valence-electron chi connectivity index (χ4n) is 2.68. The molecule has 1 aliphatic rings. The van der Waals surface area contributed by atoms with Crippen LogP contribution in [0.15, 0.2) is 24.3 Å². The van der Waals surface area contributed by atoms with Crippen LogP contribution in [0.2, 0.25) is 0 Å². The Kier molecular flexibility index (Phi) is 6.26. The van der Waals surface area contributed by atoms with Gasteiger partial charge in [0.2, 0.25) is 5.91 Å². The van der Waals surface area contributed by atoms with Crippen molar-refractivity contribution in [3.8, 4) is 5.75 Å². The quantitative estimate of drug-likeness (QED) is 0.792. The standard InChI is InChI=1S/C17H25N3O3/c1-3-4-10-18-17(22)20-11-6-9-15(20)16(21)19-13-7-5-8-14(12-13)23-2/h5,7-8,12,15H,3-4,6,9-11H2,1-2H3,(H,18,22)(H,19,21). The Bertz CT molecular complexity index is 548. The number of carbonyl (C=O) groups is 2. The summed E-state index contributed by atoms with van der Waals surface area (Å²) in [6.45, 7) is 3.34. The number of nitrogens with zero attached hydrogens (tertiary/aromatic N) is 1. The number of unbranched alkanes of at least 4 members (excludes halogenated alkanes) is 1. The number of methoxy groups -OCH3 is 1. The van der Waals surface area contributed by atoms with E-state index in [1.54, 1.807) is 24.1 Å². The van der Waals surface area contributed by atoms with Crippen molar-refractivity contribution in [3.63, 3.8) is 0 Å². The van der Waals surface area contributed by atoms with Crippen molar-refractivity contribution in [1.29, 1.82) is 0 Å². The summed E-state index contributed by atoms with van der Waals surface area (Å²) in [4.78, 5) is 26.3. The SMILES string of the molecule is CCCCNC(=O)N1CCCC1C(=O)Nc1cccc(OC)c1. The Morgan fingerprint density at radius 3 is 2.96 bits per heavy atom. The van der Waals surface area contributed by atoms with Crippen LogP contribution in [-0.4, -0.2) is 43.1 Å². The molecule has 3 amide bonds. The number of carbonyl (C=O) groups excluding carboxylic acids is 2. The van der Waals surface area contributed by atoms with Gasteiger partial charge in [-0.2, -0.15) is 0 Å². The van der Waals surface area contributed by atoms with Crippen LogP contribution in [0.25, 0.3) is 0 Å². The lowest BCUT2D eigenvalue weighted by Gasteiger charge is -2.24. The lowest BCUT2D eigenvalue weighted by molar-refractivity contribution is -0.119. The van der Waals surface area contributed by atoms with Crippen molar-refractivity contribution in [2.24, 2.45) is 0 Å². The Balaban J connectivity index is 1.95. The van der Waals surface area contributed by atoms with Crippen molar-refractivity contribution in [2.45, 2.75) is 38.6 Å². The van der Waals surface area contributed by atoms with E-state index in [0.29, 0.717) is 30.9 Å². The fourth-order valence-corrected chi connectivity index (χ4v) is 2.68. The zero-order valence-corrected chi connectivity index (χ0v) is 13.8. The Morgan fingerprint density at radius 1 is 1.39 bits per heavy atom. The fraction of sp³-hybridized carbons (Fsp3) is 0.529. The van der Waals surface area contributed by atoms with E-state index >= 15 is 0 Å². The first-order chi connectivity index (χ1) is 11.2. The number of amides is 3. The molecule has 2 N–H and O–H groups in total. The van der Waals surface area contributed by atoms with Gasteiger partial charge < -0.3 is 20.3 Å². The molecule has 126 valence electrons. The maximum absolute atomic E-state index is 12.5. The Morgan fingerprint density at radius 2 is 2.22 bits per heavy atom.